The van der Waals surface area contributed by atoms with Gasteiger partial charge in [0.15, 0.2) is 17.4 Å². The van der Waals surface area contributed by atoms with Crippen LogP contribution >= 0.6 is 0 Å². The topological polar surface area (TPSA) is 35.2 Å². The highest BCUT2D eigenvalue weighted by Crippen LogP contribution is 2.28. The molecular formula is C14H13F2NO. The van der Waals surface area contributed by atoms with E-state index in [-0.39, 0.29) is 6.54 Å². The lowest BCUT2D eigenvalue weighted by atomic mass is 10.2. The third kappa shape index (κ3) is 2.65. The van der Waals surface area contributed by atoms with E-state index in [4.69, 9.17) is 10.5 Å². The molecule has 0 radical (unpaired) electrons. The molecule has 0 amide bonds. The summed E-state index contributed by atoms with van der Waals surface area (Å²) in [6, 6.07) is 9.27. The molecule has 0 spiro atoms. The van der Waals surface area contributed by atoms with Crippen LogP contribution in [0.2, 0.25) is 0 Å². The molecule has 0 atom stereocenters. The quantitative estimate of drug-likeness (QED) is 0.903. The Hall–Kier alpha value is -1.94. The molecule has 0 aliphatic rings. The van der Waals surface area contributed by atoms with E-state index in [0.717, 1.165) is 5.56 Å². The average molecular weight is 249 g/mol. The Bertz CT molecular complexity index is 529. The molecule has 0 aliphatic carbocycles. The van der Waals surface area contributed by atoms with Crippen molar-refractivity contribution in [2.45, 2.75) is 13.5 Å². The molecule has 2 N–H and O–H groups in total. The molecule has 2 aromatic rings. The first-order valence-electron chi connectivity index (χ1n) is 5.52. The number of aryl methyl sites for hydroxylation is 1. The highest BCUT2D eigenvalue weighted by atomic mass is 19.1. The predicted molar refractivity (Wildman–Crippen MR) is 65.5 cm³/mol. The fourth-order valence-electron chi connectivity index (χ4n) is 1.55. The standard InChI is InChI=1S/C14H13F2NO/c1-9-2-4-11(5-3-9)18-14-12(15)6-10(8-17)7-13(14)16/h2-7H,8,17H2,1H3. The van der Waals surface area contributed by atoms with Crippen LogP contribution in [0.3, 0.4) is 0 Å². The van der Waals surface area contributed by atoms with Crippen molar-refractivity contribution in [2.24, 2.45) is 5.73 Å². The predicted octanol–water partition coefficient (Wildman–Crippen LogP) is 3.52. The number of benzene rings is 2. The summed E-state index contributed by atoms with van der Waals surface area (Å²) in [4.78, 5) is 0. The van der Waals surface area contributed by atoms with Crippen LogP contribution in [-0.4, -0.2) is 0 Å². The van der Waals surface area contributed by atoms with Crippen LogP contribution in [0, 0.1) is 18.6 Å². The monoisotopic (exact) mass is 249 g/mol. The lowest BCUT2D eigenvalue weighted by molar-refractivity contribution is 0.406. The zero-order valence-electron chi connectivity index (χ0n) is 9.91. The summed E-state index contributed by atoms with van der Waals surface area (Å²) in [5.74, 6) is -1.53. The number of halogens is 2. The molecule has 0 unspecified atom stereocenters. The second-order valence-corrected chi connectivity index (χ2v) is 4.01. The molecule has 2 aromatic carbocycles. The van der Waals surface area contributed by atoms with Crippen molar-refractivity contribution >= 4 is 0 Å². The van der Waals surface area contributed by atoms with E-state index in [9.17, 15) is 8.78 Å². The van der Waals surface area contributed by atoms with Gasteiger partial charge in [-0.1, -0.05) is 17.7 Å². The van der Waals surface area contributed by atoms with Crippen LogP contribution in [0.4, 0.5) is 8.78 Å². The Morgan fingerprint density at radius 2 is 1.61 bits per heavy atom. The highest BCUT2D eigenvalue weighted by molar-refractivity contribution is 5.36. The molecule has 2 nitrogen and oxygen atoms in total. The van der Waals surface area contributed by atoms with E-state index < -0.39 is 17.4 Å². The van der Waals surface area contributed by atoms with E-state index in [0.29, 0.717) is 11.3 Å². The fraction of sp³-hybridized carbons (Fsp3) is 0.143. The average Bonchev–Trinajstić information content (AvgIpc) is 2.35. The SMILES string of the molecule is Cc1ccc(Oc2c(F)cc(CN)cc2F)cc1. The van der Waals surface area contributed by atoms with Crippen molar-refractivity contribution in [1.29, 1.82) is 0 Å². The van der Waals surface area contributed by atoms with Gasteiger partial charge in [0.05, 0.1) is 0 Å². The molecule has 2 rings (SSSR count). The Morgan fingerprint density at radius 3 is 2.11 bits per heavy atom. The second kappa shape index (κ2) is 5.14. The van der Waals surface area contributed by atoms with Gasteiger partial charge in [0.25, 0.3) is 0 Å². The number of ether oxygens (including phenoxy) is 1. The van der Waals surface area contributed by atoms with Crippen molar-refractivity contribution in [2.75, 3.05) is 0 Å². The molecule has 4 heteroatoms. The van der Waals surface area contributed by atoms with Gasteiger partial charge in [0.1, 0.15) is 5.75 Å². The molecule has 0 saturated heterocycles. The third-order valence-corrected chi connectivity index (χ3v) is 2.53. The zero-order valence-corrected chi connectivity index (χ0v) is 9.91. The highest BCUT2D eigenvalue weighted by Gasteiger charge is 2.13. The summed E-state index contributed by atoms with van der Waals surface area (Å²) >= 11 is 0. The maximum Gasteiger partial charge on any atom is 0.198 e. The number of hydrogen-bond donors (Lipinski definition) is 1. The molecule has 18 heavy (non-hydrogen) atoms. The first kappa shape index (κ1) is 12.5. The summed E-state index contributed by atoms with van der Waals surface area (Å²) in [6.07, 6.45) is 0. The lowest BCUT2D eigenvalue weighted by Crippen LogP contribution is -2.00. The maximum absolute atomic E-state index is 13.6. The van der Waals surface area contributed by atoms with Crippen molar-refractivity contribution in [3.8, 4) is 11.5 Å². The van der Waals surface area contributed by atoms with Gasteiger partial charge in [-0.25, -0.2) is 8.78 Å². The largest absolute Gasteiger partial charge is 0.451 e. The summed E-state index contributed by atoms with van der Waals surface area (Å²) in [5.41, 5.74) is 6.77. The van der Waals surface area contributed by atoms with Crippen LogP contribution in [0.25, 0.3) is 0 Å². The second-order valence-electron chi connectivity index (χ2n) is 4.01. The first-order valence-corrected chi connectivity index (χ1v) is 5.52. The Kier molecular flexibility index (Phi) is 3.58. The lowest BCUT2D eigenvalue weighted by Gasteiger charge is -2.09. The van der Waals surface area contributed by atoms with Crippen LogP contribution in [0.5, 0.6) is 11.5 Å². The summed E-state index contributed by atoms with van der Waals surface area (Å²) in [7, 11) is 0. The van der Waals surface area contributed by atoms with Gasteiger partial charge in [-0.05, 0) is 36.8 Å². The minimum Gasteiger partial charge on any atom is -0.451 e. The molecule has 0 bridgehead atoms. The Morgan fingerprint density at radius 1 is 1.06 bits per heavy atom. The molecule has 0 saturated carbocycles. The minimum absolute atomic E-state index is 0.0820. The van der Waals surface area contributed by atoms with Crippen LogP contribution in [0.1, 0.15) is 11.1 Å². The molecule has 94 valence electrons. The Balaban J connectivity index is 2.31. The van der Waals surface area contributed by atoms with Crippen molar-refractivity contribution in [3.05, 3.63) is 59.2 Å². The first-order chi connectivity index (χ1) is 8.60. The van der Waals surface area contributed by atoms with E-state index >= 15 is 0 Å². The minimum atomic E-state index is -0.754. The molecular weight excluding hydrogens is 236 g/mol. The van der Waals surface area contributed by atoms with Gasteiger partial charge >= 0.3 is 0 Å². The number of hydrogen-bond acceptors (Lipinski definition) is 2. The number of rotatable bonds is 3. The van der Waals surface area contributed by atoms with Crippen molar-refractivity contribution in [3.63, 3.8) is 0 Å². The summed E-state index contributed by atoms with van der Waals surface area (Å²) in [5, 5.41) is 0. The van der Waals surface area contributed by atoms with E-state index in [1.165, 1.54) is 12.1 Å². The summed E-state index contributed by atoms with van der Waals surface area (Å²) in [6.45, 7) is 2.00. The van der Waals surface area contributed by atoms with Gasteiger partial charge in [0.2, 0.25) is 0 Å². The Labute approximate surface area is 104 Å². The van der Waals surface area contributed by atoms with E-state index in [1.807, 2.05) is 6.92 Å². The van der Waals surface area contributed by atoms with Crippen LogP contribution in [-0.2, 0) is 6.54 Å². The van der Waals surface area contributed by atoms with Gasteiger partial charge < -0.3 is 10.5 Å². The number of nitrogens with two attached hydrogens (primary N) is 1. The normalized spacial score (nSPS) is 10.4. The molecule has 0 aliphatic heterocycles. The van der Waals surface area contributed by atoms with Gasteiger partial charge in [-0.3, -0.25) is 0 Å². The van der Waals surface area contributed by atoms with Crippen LogP contribution < -0.4 is 10.5 Å². The van der Waals surface area contributed by atoms with Crippen LogP contribution in [0.15, 0.2) is 36.4 Å². The fourth-order valence-corrected chi connectivity index (χ4v) is 1.55. The van der Waals surface area contributed by atoms with Gasteiger partial charge in [-0.2, -0.15) is 0 Å². The summed E-state index contributed by atoms with van der Waals surface area (Å²) < 4.78 is 32.5. The van der Waals surface area contributed by atoms with Crippen molar-refractivity contribution in [1.82, 2.24) is 0 Å². The molecule has 0 heterocycles. The van der Waals surface area contributed by atoms with E-state index in [1.54, 1.807) is 24.3 Å². The zero-order chi connectivity index (χ0) is 13.1. The third-order valence-electron chi connectivity index (χ3n) is 2.53. The molecule has 0 aromatic heterocycles. The van der Waals surface area contributed by atoms with E-state index in [2.05, 4.69) is 0 Å². The van der Waals surface area contributed by atoms with Gasteiger partial charge in [0, 0.05) is 6.54 Å². The maximum atomic E-state index is 13.6. The molecule has 0 fully saturated rings. The van der Waals surface area contributed by atoms with Gasteiger partial charge in [-0.15, -0.1) is 0 Å². The van der Waals surface area contributed by atoms with Crippen molar-refractivity contribution < 1.29 is 13.5 Å². The smallest absolute Gasteiger partial charge is 0.198 e.